The average Bonchev–Trinajstić information content (AvgIpc) is 2.12. The molecule has 0 aromatic heterocycles. The molecule has 0 amide bonds. The lowest BCUT2D eigenvalue weighted by atomic mass is 10.1. The summed E-state index contributed by atoms with van der Waals surface area (Å²) in [5.74, 6) is -3.29. The summed E-state index contributed by atoms with van der Waals surface area (Å²) in [6, 6.07) is 0. The second kappa shape index (κ2) is 4.87. The Morgan fingerprint density at radius 2 is 1.62 bits per heavy atom. The summed E-state index contributed by atoms with van der Waals surface area (Å²) in [5, 5.41) is 42.5. The van der Waals surface area contributed by atoms with Crippen LogP contribution in [0, 0.1) is 0 Å². The maximum atomic E-state index is 10.7. The van der Waals surface area contributed by atoms with Gasteiger partial charge in [-0.05, 0) is 0 Å². The molecule has 0 rings (SSSR count). The number of rotatable bonds is 5. The molecule has 0 aliphatic rings. The third-order valence-corrected chi connectivity index (χ3v) is 1.35. The van der Waals surface area contributed by atoms with E-state index >= 15 is 0 Å². The molecule has 0 aromatic rings. The van der Waals surface area contributed by atoms with Gasteiger partial charge in [-0.15, -0.1) is 0 Å². The predicted molar refractivity (Wildman–Crippen MR) is 37.7 cm³/mol. The number of Topliss-reactive ketones (excluding diaryl/α,β-unsaturated/α-hetero) is 1. The van der Waals surface area contributed by atoms with E-state index in [0.29, 0.717) is 0 Å². The summed E-state index contributed by atoms with van der Waals surface area (Å²) in [7, 11) is 0. The number of carboxylic acid groups (broad SMARTS) is 1. The summed E-state index contributed by atoms with van der Waals surface area (Å²) >= 11 is 0. The molecule has 0 radical (unpaired) electrons. The van der Waals surface area contributed by atoms with Gasteiger partial charge in [-0.25, -0.2) is 4.79 Å². The molecule has 3 atom stereocenters. The lowest BCUT2D eigenvalue weighted by molar-refractivity contribution is -0.158. The molecule has 0 aliphatic heterocycles. The van der Waals surface area contributed by atoms with Gasteiger partial charge in [0.1, 0.15) is 12.2 Å². The second-order valence-corrected chi connectivity index (χ2v) is 2.34. The molecule has 0 heterocycles. The van der Waals surface area contributed by atoms with Crippen molar-refractivity contribution in [2.24, 2.45) is 0 Å². The Morgan fingerprint density at radius 3 is 1.92 bits per heavy atom. The van der Waals surface area contributed by atoms with Crippen LogP contribution >= 0.6 is 0 Å². The van der Waals surface area contributed by atoms with E-state index in [1.165, 1.54) is 0 Å². The van der Waals surface area contributed by atoms with E-state index in [1.54, 1.807) is 0 Å². The number of carboxylic acids is 1. The van der Waals surface area contributed by atoms with Crippen molar-refractivity contribution in [2.75, 3.05) is 6.61 Å². The second-order valence-electron chi connectivity index (χ2n) is 2.34. The van der Waals surface area contributed by atoms with E-state index in [4.69, 9.17) is 25.5 Å². The summed E-state index contributed by atoms with van der Waals surface area (Å²) in [4.78, 5) is 20.8. The molecule has 0 aromatic carbocycles. The van der Waals surface area contributed by atoms with Crippen molar-refractivity contribution in [3.8, 4) is 0 Å². The zero-order chi connectivity index (χ0) is 10.6. The Kier molecular flexibility index (Phi) is 4.49. The maximum Gasteiger partial charge on any atom is 0.340 e. The quantitative estimate of drug-likeness (QED) is 0.289. The minimum atomic E-state index is -2.39. The molecule has 7 nitrogen and oxygen atoms in total. The van der Waals surface area contributed by atoms with Crippen LogP contribution in [0.25, 0.3) is 0 Å². The number of hydrogen-bond acceptors (Lipinski definition) is 6. The van der Waals surface area contributed by atoms with Crippen molar-refractivity contribution >= 4 is 11.8 Å². The summed E-state index contributed by atoms with van der Waals surface area (Å²) in [6.07, 6.45) is -6.28. The topological polar surface area (TPSA) is 135 Å². The maximum absolute atomic E-state index is 10.7. The van der Waals surface area contributed by atoms with Crippen LogP contribution in [0.2, 0.25) is 0 Å². The molecular weight excluding hydrogens is 184 g/mol. The first-order chi connectivity index (χ1) is 5.91. The largest absolute Gasteiger partial charge is 0.479 e. The molecule has 7 heteroatoms. The van der Waals surface area contributed by atoms with Crippen LogP contribution < -0.4 is 0 Å². The van der Waals surface area contributed by atoms with Crippen LogP contribution in [0.5, 0.6) is 0 Å². The van der Waals surface area contributed by atoms with Gasteiger partial charge < -0.3 is 25.5 Å². The fourth-order valence-electron chi connectivity index (χ4n) is 0.573. The van der Waals surface area contributed by atoms with Gasteiger partial charge in [0, 0.05) is 0 Å². The molecular formula is C6H10O7. The first-order valence-electron chi connectivity index (χ1n) is 3.33. The first kappa shape index (κ1) is 12.0. The molecule has 0 fully saturated rings. The highest BCUT2D eigenvalue weighted by atomic mass is 16.4. The zero-order valence-electron chi connectivity index (χ0n) is 6.49. The fraction of sp³-hybridized carbons (Fsp3) is 0.667. The molecule has 0 spiro atoms. The Morgan fingerprint density at radius 1 is 1.15 bits per heavy atom. The van der Waals surface area contributed by atoms with E-state index in [1.807, 2.05) is 0 Å². The predicted octanol–water partition coefficient (Wildman–Crippen LogP) is -3.28. The van der Waals surface area contributed by atoms with Crippen LogP contribution in [0.1, 0.15) is 0 Å². The summed E-state index contributed by atoms with van der Waals surface area (Å²) in [6.45, 7) is -0.904. The number of carbonyl (C=O) groups is 2. The van der Waals surface area contributed by atoms with Crippen molar-refractivity contribution in [1.29, 1.82) is 0 Å². The van der Waals surface area contributed by atoms with E-state index in [9.17, 15) is 9.59 Å². The van der Waals surface area contributed by atoms with E-state index in [-0.39, 0.29) is 0 Å². The highest BCUT2D eigenvalue weighted by Gasteiger charge is 2.33. The fourth-order valence-corrected chi connectivity index (χ4v) is 0.573. The lowest BCUT2D eigenvalue weighted by Crippen LogP contribution is -2.45. The van der Waals surface area contributed by atoms with E-state index in [0.717, 1.165) is 0 Å². The van der Waals surface area contributed by atoms with Crippen LogP contribution in [-0.2, 0) is 9.59 Å². The van der Waals surface area contributed by atoms with E-state index in [2.05, 4.69) is 0 Å². The van der Waals surface area contributed by atoms with Crippen molar-refractivity contribution < 1.29 is 35.1 Å². The lowest BCUT2D eigenvalue weighted by Gasteiger charge is -2.15. The van der Waals surface area contributed by atoms with Gasteiger partial charge in [-0.2, -0.15) is 0 Å². The molecule has 5 N–H and O–H groups in total. The van der Waals surface area contributed by atoms with Gasteiger partial charge in [-0.1, -0.05) is 0 Å². The number of ketones is 1. The normalized spacial score (nSPS) is 17.5. The van der Waals surface area contributed by atoms with Gasteiger partial charge in [0.25, 0.3) is 0 Å². The van der Waals surface area contributed by atoms with Gasteiger partial charge >= 0.3 is 5.97 Å². The molecule has 76 valence electrons. The number of hydrogen-bond donors (Lipinski definition) is 5. The molecule has 0 bridgehead atoms. The van der Waals surface area contributed by atoms with Crippen LogP contribution in [0.4, 0.5) is 0 Å². The molecule has 0 saturated carbocycles. The molecule has 13 heavy (non-hydrogen) atoms. The third kappa shape index (κ3) is 3.07. The smallest absolute Gasteiger partial charge is 0.340 e. The highest BCUT2D eigenvalue weighted by Crippen LogP contribution is 1.99. The first-order valence-corrected chi connectivity index (χ1v) is 3.33. The number of aliphatic hydroxyl groups is 4. The van der Waals surface area contributed by atoms with Crippen LogP contribution in [0.15, 0.2) is 0 Å². The minimum absolute atomic E-state index is 0.904. The molecule has 0 unspecified atom stereocenters. The van der Waals surface area contributed by atoms with E-state index < -0.39 is 36.7 Å². The average molecular weight is 194 g/mol. The Balaban J connectivity index is 4.33. The number of aliphatic carboxylic acids is 1. The summed E-state index contributed by atoms with van der Waals surface area (Å²) < 4.78 is 0. The SMILES string of the molecule is O=C(O)[C@@H](O)C(=O)[C@H](O)[C@H](O)CO. The zero-order valence-corrected chi connectivity index (χ0v) is 6.49. The molecule has 0 aliphatic carbocycles. The monoisotopic (exact) mass is 194 g/mol. The standard InChI is InChI=1S/C6H10O7/c7-1-2(8)3(9)4(10)5(11)6(12)13/h2-3,5,7-9,11H,1H2,(H,12,13)/t2-,3-,5+/m1/s1. The van der Waals surface area contributed by atoms with Crippen molar-refractivity contribution in [2.45, 2.75) is 18.3 Å². The van der Waals surface area contributed by atoms with Crippen molar-refractivity contribution in [3.63, 3.8) is 0 Å². The van der Waals surface area contributed by atoms with Gasteiger partial charge in [0.15, 0.2) is 0 Å². The Bertz CT molecular complexity index is 201. The Hall–Kier alpha value is -1.02. The van der Waals surface area contributed by atoms with Gasteiger partial charge in [0.05, 0.1) is 6.61 Å². The van der Waals surface area contributed by atoms with Crippen LogP contribution in [0.3, 0.4) is 0 Å². The number of carbonyl (C=O) groups excluding carboxylic acids is 1. The number of aliphatic hydroxyl groups excluding tert-OH is 4. The van der Waals surface area contributed by atoms with Gasteiger partial charge in [-0.3, -0.25) is 4.79 Å². The van der Waals surface area contributed by atoms with Crippen LogP contribution in [-0.4, -0.2) is 62.2 Å². The third-order valence-electron chi connectivity index (χ3n) is 1.35. The van der Waals surface area contributed by atoms with Gasteiger partial charge in [0.2, 0.25) is 11.9 Å². The molecule has 0 saturated heterocycles. The van der Waals surface area contributed by atoms with Crippen molar-refractivity contribution in [1.82, 2.24) is 0 Å². The Labute approximate surface area is 72.9 Å². The minimum Gasteiger partial charge on any atom is -0.479 e. The summed E-state index contributed by atoms with van der Waals surface area (Å²) in [5.41, 5.74) is 0. The van der Waals surface area contributed by atoms with Crippen molar-refractivity contribution in [3.05, 3.63) is 0 Å². The highest BCUT2D eigenvalue weighted by molar-refractivity contribution is 6.03.